The lowest BCUT2D eigenvalue weighted by Crippen LogP contribution is -2.46. The molecule has 0 fully saturated rings. The van der Waals surface area contributed by atoms with E-state index in [1.54, 1.807) is 7.05 Å². The quantitative estimate of drug-likeness (QED) is 0.513. The first-order valence-corrected chi connectivity index (χ1v) is 9.24. The van der Waals surface area contributed by atoms with Crippen molar-refractivity contribution in [2.24, 2.45) is 4.99 Å². The molecule has 1 aliphatic heterocycles. The van der Waals surface area contributed by atoms with Crippen LogP contribution in [0, 0.1) is 0 Å². The molecule has 6 nitrogen and oxygen atoms in total. The highest BCUT2D eigenvalue weighted by molar-refractivity contribution is 5.86. The Kier molecular flexibility index (Phi) is 6.68. The van der Waals surface area contributed by atoms with E-state index in [0.29, 0.717) is 19.0 Å². The molecule has 0 saturated heterocycles. The monoisotopic (exact) mass is 366 g/mol. The highest BCUT2D eigenvalue weighted by Crippen LogP contribution is 2.27. The molecule has 2 aromatic rings. The van der Waals surface area contributed by atoms with Crippen molar-refractivity contribution in [2.75, 3.05) is 26.7 Å². The van der Waals surface area contributed by atoms with Crippen molar-refractivity contribution in [2.45, 2.75) is 18.9 Å². The van der Waals surface area contributed by atoms with Gasteiger partial charge >= 0.3 is 0 Å². The van der Waals surface area contributed by atoms with E-state index in [9.17, 15) is 4.79 Å². The zero-order chi connectivity index (χ0) is 18.9. The van der Waals surface area contributed by atoms with E-state index < -0.39 is 0 Å². The minimum absolute atomic E-state index is 0.0570. The van der Waals surface area contributed by atoms with E-state index >= 15 is 0 Å². The number of carbonyl (C=O) groups is 1. The van der Waals surface area contributed by atoms with Gasteiger partial charge in [-0.15, -0.1) is 0 Å². The lowest BCUT2D eigenvalue weighted by atomic mass is 10.1. The maximum absolute atomic E-state index is 12.0. The fourth-order valence-electron chi connectivity index (χ4n) is 3.02. The van der Waals surface area contributed by atoms with Gasteiger partial charge in [0.1, 0.15) is 11.9 Å². The SMILES string of the molecule is CN=C(NCC(=O)NCCc1ccccc1)NCC1Cc2ccccc2O1. The largest absolute Gasteiger partial charge is 0.488 e. The molecule has 1 amide bonds. The summed E-state index contributed by atoms with van der Waals surface area (Å²) in [5, 5.41) is 9.16. The lowest BCUT2D eigenvalue weighted by Gasteiger charge is -2.15. The van der Waals surface area contributed by atoms with E-state index in [-0.39, 0.29) is 18.6 Å². The first-order chi connectivity index (χ1) is 13.2. The number of aliphatic imine (C=N–C) groups is 1. The third kappa shape index (κ3) is 5.74. The number of hydrogen-bond donors (Lipinski definition) is 3. The summed E-state index contributed by atoms with van der Waals surface area (Å²) in [4.78, 5) is 16.1. The number of guanidine groups is 1. The zero-order valence-electron chi connectivity index (χ0n) is 15.6. The van der Waals surface area contributed by atoms with Crippen LogP contribution >= 0.6 is 0 Å². The van der Waals surface area contributed by atoms with Gasteiger partial charge in [0.25, 0.3) is 0 Å². The molecule has 1 aliphatic rings. The van der Waals surface area contributed by atoms with Crippen molar-refractivity contribution in [3.8, 4) is 5.75 Å². The molecule has 0 bridgehead atoms. The Labute approximate surface area is 160 Å². The number of nitrogens with zero attached hydrogens (tertiary/aromatic N) is 1. The molecular weight excluding hydrogens is 340 g/mol. The minimum atomic E-state index is -0.0570. The van der Waals surface area contributed by atoms with Gasteiger partial charge in [-0.3, -0.25) is 9.79 Å². The van der Waals surface area contributed by atoms with E-state index in [0.717, 1.165) is 18.6 Å². The third-order valence-electron chi connectivity index (χ3n) is 4.43. The van der Waals surface area contributed by atoms with Crippen LogP contribution in [0.25, 0.3) is 0 Å². The number of para-hydroxylation sites is 1. The summed E-state index contributed by atoms with van der Waals surface area (Å²) in [5.41, 5.74) is 2.44. The molecule has 6 heteroatoms. The summed E-state index contributed by atoms with van der Waals surface area (Å²) in [6, 6.07) is 18.2. The topological polar surface area (TPSA) is 74.8 Å². The number of benzene rings is 2. The Hall–Kier alpha value is -3.02. The van der Waals surface area contributed by atoms with Gasteiger partial charge in [-0.2, -0.15) is 0 Å². The molecule has 0 spiro atoms. The third-order valence-corrected chi connectivity index (χ3v) is 4.43. The van der Waals surface area contributed by atoms with Crippen LogP contribution in [0.4, 0.5) is 0 Å². The number of nitrogens with one attached hydrogen (secondary N) is 3. The van der Waals surface area contributed by atoms with Crippen LogP contribution in [0.1, 0.15) is 11.1 Å². The molecule has 0 aromatic heterocycles. The molecular formula is C21H26N4O2. The van der Waals surface area contributed by atoms with Gasteiger partial charge in [0.15, 0.2) is 5.96 Å². The van der Waals surface area contributed by atoms with Crippen molar-refractivity contribution < 1.29 is 9.53 Å². The van der Waals surface area contributed by atoms with E-state index in [4.69, 9.17) is 4.74 Å². The van der Waals surface area contributed by atoms with E-state index in [2.05, 4.69) is 39.1 Å². The predicted octanol–water partition coefficient (Wildman–Crippen LogP) is 1.51. The normalized spacial score (nSPS) is 15.6. The zero-order valence-corrected chi connectivity index (χ0v) is 15.6. The van der Waals surface area contributed by atoms with Crippen LogP contribution in [0.15, 0.2) is 59.6 Å². The van der Waals surface area contributed by atoms with Gasteiger partial charge in [0.2, 0.25) is 5.91 Å². The Morgan fingerprint density at radius 2 is 1.85 bits per heavy atom. The fourth-order valence-corrected chi connectivity index (χ4v) is 3.02. The standard InChI is InChI=1S/C21H26N4O2/c1-22-21(24-14-18-13-17-9-5-6-10-19(17)27-18)25-15-20(26)23-12-11-16-7-3-2-4-8-16/h2-10,18H,11-15H2,1H3,(H,23,26)(H2,22,24,25). The van der Waals surface area contributed by atoms with Crippen LogP contribution in [0.2, 0.25) is 0 Å². The fraction of sp³-hybridized carbons (Fsp3) is 0.333. The first kappa shape index (κ1) is 18.8. The highest BCUT2D eigenvalue weighted by Gasteiger charge is 2.22. The molecule has 142 valence electrons. The molecule has 2 aromatic carbocycles. The van der Waals surface area contributed by atoms with Gasteiger partial charge in [-0.1, -0.05) is 48.5 Å². The van der Waals surface area contributed by atoms with Crippen molar-refractivity contribution in [1.82, 2.24) is 16.0 Å². The van der Waals surface area contributed by atoms with E-state index in [1.807, 2.05) is 36.4 Å². The van der Waals surface area contributed by atoms with Crippen molar-refractivity contribution >= 4 is 11.9 Å². The summed E-state index contributed by atoms with van der Waals surface area (Å²) >= 11 is 0. The second-order valence-electron chi connectivity index (χ2n) is 6.44. The molecule has 1 atom stereocenters. The van der Waals surface area contributed by atoms with Crippen LogP contribution in [0.3, 0.4) is 0 Å². The van der Waals surface area contributed by atoms with Crippen molar-refractivity contribution in [3.05, 3.63) is 65.7 Å². The molecule has 3 rings (SSSR count). The second kappa shape index (κ2) is 9.62. The molecule has 0 saturated carbocycles. The minimum Gasteiger partial charge on any atom is -0.488 e. The van der Waals surface area contributed by atoms with Gasteiger partial charge in [-0.25, -0.2) is 0 Å². The number of rotatable bonds is 7. The average Bonchev–Trinajstić information content (AvgIpc) is 3.12. The average molecular weight is 366 g/mol. The number of fused-ring (bicyclic) bond motifs is 1. The number of carbonyl (C=O) groups excluding carboxylic acids is 1. The van der Waals surface area contributed by atoms with Crippen molar-refractivity contribution in [3.63, 3.8) is 0 Å². The Morgan fingerprint density at radius 3 is 2.63 bits per heavy atom. The predicted molar refractivity (Wildman–Crippen MR) is 107 cm³/mol. The van der Waals surface area contributed by atoms with Gasteiger partial charge in [0.05, 0.1) is 13.1 Å². The van der Waals surface area contributed by atoms with Crippen molar-refractivity contribution in [1.29, 1.82) is 0 Å². The molecule has 1 unspecified atom stereocenters. The number of ether oxygens (including phenoxy) is 1. The van der Waals surface area contributed by atoms with Gasteiger partial charge in [-0.05, 0) is 23.6 Å². The van der Waals surface area contributed by atoms with Crippen LogP contribution in [-0.4, -0.2) is 44.7 Å². The van der Waals surface area contributed by atoms with Gasteiger partial charge < -0.3 is 20.7 Å². The number of hydrogen-bond acceptors (Lipinski definition) is 3. The Bertz CT molecular complexity index is 752. The molecule has 1 heterocycles. The maximum atomic E-state index is 12.0. The van der Waals surface area contributed by atoms with Gasteiger partial charge in [0, 0.05) is 20.0 Å². The summed E-state index contributed by atoms with van der Waals surface area (Å²) in [6.45, 7) is 1.43. The number of amides is 1. The summed E-state index contributed by atoms with van der Waals surface area (Å²) in [7, 11) is 1.69. The smallest absolute Gasteiger partial charge is 0.239 e. The van der Waals surface area contributed by atoms with Crippen LogP contribution < -0.4 is 20.7 Å². The summed E-state index contributed by atoms with van der Waals surface area (Å²) in [6.07, 6.45) is 1.76. The summed E-state index contributed by atoms with van der Waals surface area (Å²) < 4.78 is 5.90. The Morgan fingerprint density at radius 1 is 1.07 bits per heavy atom. The maximum Gasteiger partial charge on any atom is 0.239 e. The summed E-state index contributed by atoms with van der Waals surface area (Å²) in [5.74, 6) is 1.48. The molecule has 0 aliphatic carbocycles. The highest BCUT2D eigenvalue weighted by atomic mass is 16.5. The van der Waals surface area contributed by atoms with Crippen LogP contribution in [0.5, 0.6) is 5.75 Å². The molecule has 27 heavy (non-hydrogen) atoms. The first-order valence-electron chi connectivity index (χ1n) is 9.24. The second-order valence-corrected chi connectivity index (χ2v) is 6.44. The van der Waals surface area contributed by atoms with E-state index in [1.165, 1.54) is 11.1 Å². The molecule has 0 radical (unpaired) electrons. The van der Waals surface area contributed by atoms with Crippen LogP contribution in [-0.2, 0) is 17.6 Å². The molecule has 3 N–H and O–H groups in total. The Balaban J connectivity index is 1.32. The lowest BCUT2D eigenvalue weighted by molar-refractivity contribution is -0.119.